The first-order valence-corrected chi connectivity index (χ1v) is 8.43. The van der Waals surface area contributed by atoms with Crippen LogP contribution in [0.3, 0.4) is 0 Å². The van der Waals surface area contributed by atoms with E-state index in [0.717, 1.165) is 18.4 Å². The summed E-state index contributed by atoms with van der Waals surface area (Å²) in [5.74, 6) is 1.42. The van der Waals surface area contributed by atoms with E-state index in [1.54, 1.807) is 0 Å². The van der Waals surface area contributed by atoms with Gasteiger partial charge in [-0.2, -0.15) is 0 Å². The lowest BCUT2D eigenvalue weighted by atomic mass is 9.75. The van der Waals surface area contributed by atoms with Crippen LogP contribution in [0.25, 0.3) is 0 Å². The molecule has 1 aromatic carbocycles. The van der Waals surface area contributed by atoms with Crippen molar-refractivity contribution in [2.24, 2.45) is 17.8 Å². The lowest BCUT2D eigenvalue weighted by Gasteiger charge is -2.37. The van der Waals surface area contributed by atoms with Gasteiger partial charge in [-0.15, -0.1) is 0 Å². The van der Waals surface area contributed by atoms with E-state index in [4.69, 9.17) is 9.47 Å². The van der Waals surface area contributed by atoms with Gasteiger partial charge in [-0.3, -0.25) is 0 Å². The second-order valence-corrected chi connectivity index (χ2v) is 7.25. The molecule has 1 aliphatic heterocycles. The van der Waals surface area contributed by atoms with Crippen LogP contribution in [0.2, 0.25) is 0 Å². The highest BCUT2D eigenvalue weighted by molar-refractivity contribution is 5.84. The maximum absolute atomic E-state index is 12.7. The summed E-state index contributed by atoms with van der Waals surface area (Å²) in [5, 5.41) is 0. The van der Waals surface area contributed by atoms with Gasteiger partial charge in [0.05, 0.1) is 6.61 Å². The lowest BCUT2D eigenvalue weighted by molar-refractivity contribution is -0.163. The molecule has 0 radical (unpaired) electrons. The highest BCUT2D eigenvalue weighted by Gasteiger charge is 2.56. The van der Waals surface area contributed by atoms with Gasteiger partial charge in [0.2, 0.25) is 5.60 Å². The van der Waals surface area contributed by atoms with Crippen LogP contribution in [0, 0.1) is 17.8 Å². The Morgan fingerprint density at radius 1 is 1.27 bits per heavy atom. The summed E-state index contributed by atoms with van der Waals surface area (Å²) in [7, 11) is 0. The van der Waals surface area contributed by atoms with Gasteiger partial charge >= 0.3 is 5.97 Å². The SMILES string of the molecule is CC(C)[C@@H]1CC[C@@H](C)C[C@H]1OC(=O)C1(c2ccccc2)CO1. The van der Waals surface area contributed by atoms with Crippen molar-refractivity contribution in [2.75, 3.05) is 6.61 Å². The molecule has 3 rings (SSSR count). The Morgan fingerprint density at radius 3 is 2.55 bits per heavy atom. The summed E-state index contributed by atoms with van der Waals surface area (Å²) < 4.78 is 11.5. The Hall–Kier alpha value is -1.35. The zero-order valence-corrected chi connectivity index (χ0v) is 13.7. The summed E-state index contributed by atoms with van der Waals surface area (Å²) in [4.78, 5) is 12.7. The van der Waals surface area contributed by atoms with Crippen molar-refractivity contribution in [2.45, 2.75) is 51.7 Å². The number of ether oxygens (including phenoxy) is 2. The fourth-order valence-electron chi connectivity index (χ4n) is 3.66. The standard InChI is InChI=1S/C19H26O3/c1-13(2)16-10-9-14(3)11-17(16)22-18(20)19(12-21-19)15-7-5-4-6-8-15/h4-8,13-14,16-17H,9-12H2,1-3H3/t14-,16+,17-,19?/m1/s1. The van der Waals surface area contributed by atoms with Crippen LogP contribution in [0.15, 0.2) is 30.3 Å². The Kier molecular flexibility index (Phi) is 4.26. The zero-order valence-electron chi connectivity index (χ0n) is 13.7. The monoisotopic (exact) mass is 302 g/mol. The quantitative estimate of drug-likeness (QED) is 0.625. The van der Waals surface area contributed by atoms with Crippen LogP contribution in [0.1, 0.15) is 45.6 Å². The van der Waals surface area contributed by atoms with Gasteiger partial charge in [-0.05, 0) is 36.2 Å². The number of hydrogen-bond donors (Lipinski definition) is 0. The molecule has 0 bridgehead atoms. The number of rotatable bonds is 4. The molecule has 4 atom stereocenters. The second kappa shape index (κ2) is 6.04. The van der Waals surface area contributed by atoms with Crippen molar-refractivity contribution in [3.63, 3.8) is 0 Å². The first-order chi connectivity index (χ1) is 10.5. The van der Waals surface area contributed by atoms with Gasteiger partial charge in [0.25, 0.3) is 0 Å². The maximum Gasteiger partial charge on any atom is 0.345 e. The van der Waals surface area contributed by atoms with Gasteiger partial charge in [0.1, 0.15) is 6.10 Å². The van der Waals surface area contributed by atoms with Crippen LogP contribution < -0.4 is 0 Å². The molecule has 1 saturated heterocycles. The molecule has 22 heavy (non-hydrogen) atoms. The number of carbonyl (C=O) groups is 1. The lowest BCUT2D eigenvalue weighted by Crippen LogP contribution is -2.39. The van der Waals surface area contributed by atoms with Gasteiger partial charge < -0.3 is 9.47 Å². The third-order valence-corrected chi connectivity index (χ3v) is 5.22. The normalized spacial score (nSPS) is 34.5. The molecule has 1 unspecified atom stereocenters. The smallest absolute Gasteiger partial charge is 0.345 e. The second-order valence-electron chi connectivity index (χ2n) is 7.25. The van der Waals surface area contributed by atoms with Gasteiger partial charge in [0, 0.05) is 0 Å². The van der Waals surface area contributed by atoms with Crippen molar-refractivity contribution in [3.8, 4) is 0 Å². The summed E-state index contributed by atoms with van der Waals surface area (Å²) in [6.45, 7) is 7.13. The van der Waals surface area contributed by atoms with Crippen LogP contribution >= 0.6 is 0 Å². The Labute approximate surface area is 133 Å². The van der Waals surface area contributed by atoms with Crippen molar-refractivity contribution in [1.29, 1.82) is 0 Å². The minimum Gasteiger partial charge on any atom is -0.460 e. The first kappa shape index (κ1) is 15.5. The van der Waals surface area contributed by atoms with E-state index in [1.165, 1.54) is 6.42 Å². The van der Waals surface area contributed by atoms with E-state index in [2.05, 4.69) is 20.8 Å². The number of carbonyl (C=O) groups excluding carboxylic acids is 1. The van der Waals surface area contributed by atoms with Crippen LogP contribution in [-0.4, -0.2) is 18.7 Å². The largest absolute Gasteiger partial charge is 0.460 e. The molecule has 0 spiro atoms. The molecule has 120 valence electrons. The summed E-state index contributed by atoms with van der Waals surface area (Å²) in [5.41, 5.74) is 0.0636. The number of esters is 1. The molecule has 2 fully saturated rings. The minimum atomic E-state index is -0.844. The van der Waals surface area contributed by atoms with Crippen molar-refractivity contribution < 1.29 is 14.3 Å². The molecule has 0 amide bonds. The molecule has 0 N–H and O–H groups in total. The molecule has 1 saturated carbocycles. The Morgan fingerprint density at radius 2 is 1.95 bits per heavy atom. The molecule has 1 heterocycles. The third kappa shape index (κ3) is 2.91. The Bertz CT molecular complexity index is 519. The van der Waals surface area contributed by atoms with E-state index >= 15 is 0 Å². The van der Waals surface area contributed by atoms with Crippen LogP contribution in [0.5, 0.6) is 0 Å². The van der Waals surface area contributed by atoms with E-state index < -0.39 is 5.60 Å². The van der Waals surface area contributed by atoms with E-state index in [0.29, 0.717) is 24.4 Å². The molecule has 2 aliphatic rings. The number of hydrogen-bond acceptors (Lipinski definition) is 3. The van der Waals surface area contributed by atoms with Gasteiger partial charge in [0.15, 0.2) is 0 Å². The maximum atomic E-state index is 12.7. The molecule has 3 heteroatoms. The topological polar surface area (TPSA) is 38.8 Å². The van der Waals surface area contributed by atoms with E-state index in [9.17, 15) is 4.79 Å². The molecular weight excluding hydrogens is 276 g/mol. The average molecular weight is 302 g/mol. The average Bonchev–Trinajstić information content (AvgIpc) is 3.29. The number of epoxide rings is 1. The molecular formula is C19H26O3. The highest BCUT2D eigenvalue weighted by atomic mass is 16.6. The predicted octanol–water partition coefficient (Wildman–Crippen LogP) is 3.92. The van der Waals surface area contributed by atoms with Crippen LogP contribution in [0.4, 0.5) is 0 Å². The van der Waals surface area contributed by atoms with Gasteiger partial charge in [-0.1, -0.05) is 57.5 Å². The molecule has 3 nitrogen and oxygen atoms in total. The van der Waals surface area contributed by atoms with Gasteiger partial charge in [-0.25, -0.2) is 4.79 Å². The zero-order chi connectivity index (χ0) is 15.7. The summed E-state index contributed by atoms with van der Waals surface area (Å²) >= 11 is 0. The summed E-state index contributed by atoms with van der Waals surface area (Å²) in [6.07, 6.45) is 3.38. The first-order valence-electron chi connectivity index (χ1n) is 8.43. The highest BCUT2D eigenvalue weighted by Crippen LogP contribution is 2.42. The molecule has 0 aromatic heterocycles. The van der Waals surface area contributed by atoms with E-state index in [-0.39, 0.29) is 12.1 Å². The van der Waals surface area contributed by atoms with Crippen LogP contribution in [-0.2, 0) is 19.9 Å². The summed E-state index contributed by atoms with van der Waals surface area (Å²) in [6, 6.07) is 9.70. The van der Waals surface area contributed by atoms with E-state index in [1.807, 2.05) is 30.3 Å². The molecule has 1 aliphatic carbocycles. The molecule has 1 aromatic rings. The van der Waals surface area contributed by atoms with Crippen molar-refractivity contribution in [1.82, 2.24) is 0 Å². The van der Waals surface area contributed by atoms with Crippen molar-refractivity contribution in [3.05, 3.63) is 35.9 Å². The minimum absolute atomic E-state index is 0.0287. The van der Waals surface area contributed by atoms with Crippen molar-refractivity contribution >= 4 is 5.97 Å². The third-order valence-electron chi connectivity index (χ3n) is 5.22. The fourth-order valence-corrected chi connectivity index (χ4v) is 3.66. The fraction of sp³-hybridized carbons (Fsp3) is 0.632. The predicted molar refractivity (Wildman–Crippen MR) is 85.3 cm³/mol. The number of benzene rings is 1. The Balaban J connectivity index is 1.73.